The third kappa shape index (κ3) is 3.65. The third-order valence-electron chi connectivity index (χ3n) is 6.23. The Morgan fingerprint density at radius 3 is 2.28 bits per heavy atom. The van der Waals surface area contributed by atoms with E-state index in [4.69, 9.17) is 9.47 Å². The summed E-state index contributed by atoms with van der Waals surface area (Å²) in [5.41, 5.74) is 5.82. The quantitative estimate of drug-likeness (QED) is 0.635. The molecule has 1 atom stereocenters. The van der Waals surface area contributed by atoms with E-state index >= 15 is 0 Å². The standard InChI is InChI=1S/C23H29IN2O3/c1-15-19-13-23(3,14-27)29-22(19)16(2)20(24)21(15)26-11-9-25(10-12-26)17-5-7-18(28-4)8-6-17/h5-8,27H,9-14H2,1-4H3. The summed E-state index contributed by atoms with van der Waals surface area (Å²) < 4.78 is 12.7. The van der Waals surface area contributed by atoms with E-state index in [0.717, 1.165) is 44.1 Å². The number of nitrogens with zero attached hydrogens (tertiary/aromatic N) is 2. The first-order valence-electron chi connectivity index (χ1n) is 10.1. The van der Waals surface area contributed by atoms with Gasteiger partial charge < -0.3 is 24.4 Å². The number of hydrogen-bond donors (Lipinski definition) is 1. The molecule has 4 rings (SSSR count). The summed E-state index contributed by atoms with van der Waals surface area (Å²) in [6.07, 6.45) is 0.765. The number of ether oxygens (including phenoxy) is 2. The molecule has 5 nitrogen and oxygen atoms in total. The molecule has 0 spiro atoms. The SMILES string of the molecule is COc1ccc(N2CCN(c3c(C)c4c(c(C)c3I)OC(C)(CO)C4)CC2)cc1. The Bertz CT molecular complexity index is 908. The van der Waals surface area contributed by atoms with Gasteiger partial charge in [-0.25, -0.2) is 0 Å². The van der Waals surface area contributed by atoms with Crippen LogP contribution in [0.1, 0.15) is 23.6 Å². The maximum atomic E-state index is 9.79. The Morgan fingerprint density at radius 1 is 1.07 bits per heavy atom. The maximum Gasteiger partial charge on any atom is 0.133 e. The number of aliphatic hydroxyl groups is 1. The Kier molecular flexibility index (Phi) is 5.59. The van der Waals surface area contributed by atoms with Crippen molar-refractivity contribution in [2.75, 3.05) is 49.7 Å². The Labute approximate surface area is 186 Å². The van der Waals surface area contributed by atoms with Crippen LogP contribution in [0.25, 0.3) is 0 Å². The fourth-order valence-corrected chi connectivity index (χ4v) is 5.42. The first-order valence-corrected chi connectivity index (χ1v) is 11.2. The number of anilines is 2. The number of hydrogen-bond acceptors (Lipinski definition) is 5. The van der Waals surface area contributed by atoms with Crippen LogP contribution in [0.5, 0.6) is 11.5 Å². The molecule has 6 heteroatoms. The van der Waals surface area contributed by atoms with Crippen molar-refractivity contribution in [3.05, 3.63) is 44.5 Å². The van der Waals surface area contributed by atoms with Crippen LogP contribution >= 0.6 is 22.6 Å². The average molecular weight is 508 g/mol. The van der Waals surface area contributed by atoms with Crippen molar-refractivity contribution in [1.82, 2.24) is 0 Å². The van der Waals surface area contributed by atoms with Crippen molar-refractivity contribution >= 4 is 34.0 Å². The number of piperazine rings is 1. The minimum atomic E-state index is -0.507. The van der Waals surface area contributed by atoms with Gasteiger partial charge in [0.15, 0.2) is 0 Å². The lowest BCUT2D eigenvalue weighted by molar-refractivity contribution is 0.0441. The van der Waals surface area contributed by atoms with Crippen molar-refractivity contribution < 1.29 is 14.6 Å². The van der Waals surface area contributed by atoms with Crippen LogP contribution in [-0.2, 0) is 6.42 Å². The number of halogens is 1. The molecule has 2 aromatic carbocycles. The number of fused-ring (bicyclic) bond motifs is 1. The highest BCUT2D eigenvalue weighted by Gasteiger charge is 2.38. The minimum Gasteiger partial charge on any atom is -0.497 e. The van der Waals surface area contributed by atoms with Crippen LogP contribution in [0.3, 0.4) is 0 Å². The molecule has 0 amide bonds. The Hall–Kier alpha value is -1.67. The topological polar surface area (TPSA) is 45.2 Å². The maximum absolute atomic E-state index is 9.79. The van der Waals surface area contributed by atoms with Crippen LogP contribution in [0.15, 0.2) is 24.3 Å². The lowest BCUT2D eigenvalue weighted by Crippen LogP contribution is -2.47. The summed E-state index contributed by atoms with van der Waals surface area (Å²) in [7, 11) is 1.70. The third-order valence-corrected chi connectivity index (χ3v) is 7.55. The van der Waals surface area contributed by atoms with Crippen molar-refractivity contribution in [2.24, 2.45) is 0 Å². The van der Waals surface area contributed by atoms with Gasteiger partial charge in [0.2, 0.25) is 0 Å². The van der Waals surface area contributed by atoms with Gasteiger partial charge in [-0.15, -0.1) is 0 Å². The van der Waals surface area contributed by atoms with Gasteiger partial charge in [-0.2, -0.15) is 0 Å². The smallest absolute Gasteiger partial charge is 0.133 e. The molecule has 1 saturated heterocycles. The van der Waals surface area contributed by atoms with E-state index in [1.165, 1.54) is 31.6 Å². The van der Waals surface area contributed by atoms with Gasteiger partial charge in [0.05, 0.1) is 19.4 Å². The number of rotatable bonds is 4. The molecule has 0 saturated carbocycles. The van der Waals surface area contributed by atoms with Crippen molar-refractivity contribution in [1.29, 1.82) is 0 Å². The molecule has 2 aromatic rings. The molecular formula is C23H29IN2O3. The molecule has 0 bridgehead atoms. The molecule has 2 heterocycles. The van der Waals surface area contributed by atoms with Gasteiger partial charge in [-0.3, -0.25) is 0 Å². The molecule has 2 aliphatic heterocycles. The second-order valence-electron chi connectivity index (χ2n) is 8.28. The summed E-state index contributed by atoms with van der Waals surface area (Å²) >= 11 is 2.46. The Morgan fingerprint density at radius 2 is 1.69 bits per heavy atom. The predicted molar refractivity (Wildman–Crippen MR) is 126 cm³/mol. The molecule has 1 fully saturated rings. The number of benzene rings is 2. The molecule has 1 N–H and O–H groups in total. The highest BCUT2D eigenvalue weighted by molar-refractivity contribution is 14.1. The number of methoxy groups -OCH3 is 1. The largest absolute Gasteiger partial charge is 0.497 e. The van der Waals surface area contributed by atoms with E-state index in [-0.39, 0.29) is 6.61 Å². The van der Waals surface area contributed by atoms with Crippen LogP contribution in [0.4, 0.5) is 11.4 Å². The van der Waals surface area contributed by atoms with Gasteiger partial charge in [0, 0.05) is 53.0 Å². The second-order valence-corrected chi connectivity index (χ2v) is 9.36. The monoisotopic (exact) mass is 508 g/mol. The lowest BCUT2D eigenvalue weighted by Gasteiger charge is -2.39. The highest BCUT2D eigenvalue weighted by Crippen LogP contribution is 2.46. The minimum absolute atomic E-state index is 0.0347. The average Bonchev–Trinajstić information content (AvgIpc) is 3.12. The van der Waals surface area contributed by atoms with Gasteiger partial charge in [0.1, 0.15) is 17.1 Å². The van der Waals surface area contributed by atoms with Crippen molar-refractivity contribution in [3.63, 3.8) is 0 Å². The molecule has 0 radical (unpaired) electrons. The normalized spacial score (nSPS) is 21.2. The predicted octanol–water partition coefficient (Wildman–Crippen LogP) is 3.93. The van der Waals surface area contributed by atoms with Crippen LogP contribution in [-0.4, -0.2) is 50.6 Å². The molecule has 29 heavy (non-hydrogen) atoms. The first-order chi connectivity index (χ1) is 13.9. The molecular weight excluding hydrogens is 479 g/mol. The lowest BCUT2D eigenvalue weighted by atomic mass is 9.94. The van der Waals surface area contributed by atoms with Gasteiger partial charge in [-0.1, -0.05) is 0 Å². The zero-order valence-electron chi connectivity index (χ0n) is 17.6. The van der Waals surface area contributed by atoms with Gasteiger partial charge >= 0.3 is 0 Å². The van der Waals surface area contributed by atoms with Crippen molar-refractivity contribution in [3.8, 4) is 11.5 Å². The fraction of sp³-hybridized carbons (Fsp3) is 0.478. The zero-order chi connectivity index (χ0) is 20.8. The van der Waals surface area contributed by atoms with Crippen LogP contribution in [0, 0.1) is 17.4 Å². The Balaban J connectivity index is 1.56. The van der Waals surface area contributed by atoms with E-state index in [0.29, 0.717) is 0 Å². The van der Waals surface area contributed by atoms with E-state index in [1.54, 1.807) is 7.11 Å². The van der Waals surface area contributed by atoms with Crippen LogP contribution in [0.2, 0.25) is 0 Å². The molecule has 1 unspecified atom stereocenters. The second kappa shape index (κ2) is 7.87. The summed E-state index contributed by atoms with van der Waals surface area (Å²) in [4.78, 5) is 4.95. The van der Waals surface area contributed by atoms with Crippen LogP contribution < -0.4 is 19.3 Å². The first kappa shape index (κ1) is 20.6. The van der Waals surface area contributed by atoms with Gasteiger partial charge in [-0.05, 0) is 73.2 Å². The summed E-state index contributed by atoms with van der Waals surface area (Å²) in [6.45, 7) is 10.3. The fourth-order valence-electron chi connectivity index (χ4n) is 4.43. The molecule has 0 aliphatic carbocycles. The molecule has 0 aromatic heterocycles. The highest BCUT2D eigenvalue weighted by atomic mass is 127. The van der Waals surface area contributed by atoms with E-state index in [2.05, 4.69) is 58.4 Å². The summed E-state index contributed by atoms with van der Waals surface area (Å²) in [5, 5.41) is 9.79. The van der Waals surface area contributed by atoms with E-state index in [1.807, 2.05) is 19.1 Å². The molecule has 156 valence electrons. The van der Waals surface area contributed by atoms with E-state index < -0.39 is 5.60 Å². The van der Waals surface area contributed by atoms with E-state index in [9.17, 15) is 5.11 Å². The summed E-state index contributed by atoms with van der Waals surface area (Å²) in [6, 6.07) is 8.32. The summed E-state index contributed by atoms with van der Waals surface area (Å²) in [5.74, 6) is 1.87. The van der Waals surface area contributed by atoms with Gasteiger partial charge in [0.25, 0.3) is 0 Å². The van der Waals surface area contributed by atoms with Crippen molar-refractivity contribution in [2.45, 2.75) is 32.8 Å². The molecule has 2 aliphatic rings. The zero-order valence-corrected chi connectivity index (χ0v) is 19.7. The number of aliphatic hydroxyl groups excluding tert-OH is 1.